The molecule has 0 aliphatic heterocycles. The minimum atomic E-state index is -1.13. The largest absolute Gasteiger partial charge is 0.478 e. The van der Waals surface area contributed by atoms with E-state index in [0.29, 0.717) is 24.0 Å². The number of aromatic carboxylic acids is 2. The Hall–Kier alpha value is -1.84. The van der Waals surface area contributed by atoms with Crippen molar-refractivity contribution >= 4 is 11.9 Å². The maximum absolute atomic E-state index is 12.0. The molecule has 1 aromatic carbocycles. The van der Waals surface area contributed by atoms with Gasteiger partial charge in [-0.25, -0.2) is 9.59 Å². The summed E-state index contributed by atoms with van der Waals surface area (Å²) < 4.78 is 0. The number of hydrogen-bond donors (Lipinski definition) is 2. The summed E-state index contributed by atoms with van der Waals surface area (Å²) >= 11 is 0. The molecule has 0 unspecified atom stereocenters. The van der Waals surface area contributed by atoms with Crippen molar-refractivity contribution in [3.63, 3.8) is 0 Å². The average Bonchev–Trinajstić information content (AvgIpc) is 2.45. The van der Waals surface area contributed by atoms with E-state index < -0.39 is 11.9 Å². The fourth-order valence-electron chi connectivity index (χ4n) is 3.56. The van der Waals surface area contributed by atoms with Gasteiger partial charge in [0.15, 0.2) is 0 Å². The fourth-order valence-corrected chi connectivity index (χ4v) is 3.56. The molecule has 0 amide bonds. The molecule has 0 spiro atoms. The van der Waals surface area contributed by atoms with Gasteiger partial charge in [-0.2, -0.15) is 0 Å². The minimum absolute atomic E-state index is 0.000833. The zero-order chi connectivity index (χ0) is 18.6. The first-order valence-corrected chi connectivity index (χ1v) is 8.81. The molecule has 4 heteroatoms. The van der Waals surface area contributed by atoms with Crippen molar-refractivity contribution in [2.24, 2.45) is 11.8 Å². The molecule has 0 heterocycles. The number of hydrogen-bond acceptors (Lipinski definition) is 2. The van der Waals surface area contributed by atoms with Gasteiger partial charge in [0.05, 0.1) is 11.1 Å². The van der Waals surface area contributed by atoms with Gasteiger partial charge in [0.1, 0.15) is 0 Å². The zero-order valence-electron chi connectivity index (χ0n) is 15.7. The number of carboxylic acid groups (broad SMARTS) is 2. The van der Waals surface area contributed by atoms with E-state index in [-0.39, 0.29) is 23.0 Å². The third kappa shape index (κ3) is 4.16. The summed E-state index contributed by atoms with van der Waals surface area (Å²) in [4.78, 5) is 23.9. The van der Waals surface area contributed by atoms with Gasteiger partial charge < -0.3 is 10.2 Å². The lowest BCUT2D eigenvalue weighted by molar-refractivity contribution is 0.0648. The van der Waals surface area contributed by atoms with Crippen LogP contribution in [-0.2, 0) is 25.7 Å². The lowest BCUT2D eigenvalue weighted by Gasteiger charge is -2.24. The molecule has 2 N–H and O–H groups in total. The summed E-state index contributed by atoms with van der Waals surface area (Å²) in [6.45, 7) is 12.1. The molecule has 4 nitrogen and oxygen atoms in total. The van der Waals surface area contributed by atoms with Gasteiger partial charge in [-0.05, 0) is 59.8 Å². The molecule has 0 aromatic heterocycles. The number of carbonyl (C=O) groups is 2. The Kier molecular flexibility index (Phi) is 7.00. The highest BCUT2D eigenvalue weighted by atomic mass is 16.4. The van der Waals surface area contributed by atoms with E-state index in [4.69, 9.17) is 0 Å². The van der Waals surface area contributed by atoms with Crippen LogP contribution >= 0.6 is 0 Å². The first-order valence-electron chi connectivity index (χ1n) is 8.81. The monoisotopic (exact) mass is 334 g/mol. The van der Waals surface area contributed by atoms with E-state index >= 15 is 0 Å². The zero-order valence-corrected chi connectivity index (χ0v) is 15.7. The first-order chi connectivity index (χ1) is 11.1. The third-order valence-corrected chi connectivity index (χ3v) is 4.31. The summed E-state index contributed by atoms with van der Waals surface area (Å²) in [5.41, 5.74) is 3.49. The molecule has 24 heavy (non-hydrogen) atoms. The Morgan fingerprint density at radius 1 is 0.708 bits per heavy atom. The van der Waals surface area contributed by atoms with Crippen LogP contribution in [0.15, 0.2) is 0 Å². The normalized spacial score (nSPS) is 11.3. The predicted octanol–water partition coefficient (Wildman–Crippen LogP) is 4.60. The molecule has 0 saturated carbocycles. The highest BCUT2D eigenvalue weighted by molar-refractivity contribution is 6.04. The van der Waals surface area contributed by atoms with E-state index in [9.17, 15) is 19.8 Å². The van der Waals surface area contributed by atoms with Crippen molar-refractivity contribution in [3.05, 3.63) is 33.4 Å². The van der Waals surface area contributed by atoms with E-state index in [1.807, 2.05) is 41.5 Å². The van der Waals surface area contributed by atoms with Crippen LogP contribution in [0.4, 0.5) is 0 Å². The van der Waals surface area contributed by atoms with E-state index in [0.717, 1.165) is 24.0 Å². The second-order valence-corrected chi connectivity index (χ2v) is 7.18. The molecule has 1 aromatic rings. The Morgan fingerprint density at radius 3 is 1.17 bits per heavy atom. The van der Waals surface area contributed by atoms with Crippen molar-refractivity contribution in [3.8, 4) is 0 Å². The summed E-state index contributed by atoms with van der Waals surface area (Å²) in [6, 6.07) is 0. The second-order valence-electron chi connectivity index (χ2n) is 7.18. The van der Waals surface area contributed by atoms with Crippen molar-refractivity contribution in [1.29, 1.82) is 0 Å². The van der Waals surface area contributed by atoms with E-state index in [1.54, 1.807) is 0 Å². The molecule has 0 fully saturated rings. The number of rotatable bonds is 8. The Balaban J connectivity index is 3.99. The van der Waals surface area contributed by atoms with Crippen molar-refractivity contribution < 1.29 is 19.8 Å². The Bertz CT molecular complexity index is 572. The minimum Gasteiger partial charge on any atom is -0.478 e. The van der Waals surface area contributed by atoms with Crippen LogP contribution in [0.2, 0.25) is 0 Å². The summed E-state index contributed by atoms with van der Waals surface area (Å²) in [5.74, 6) is -1.75. The fraction of sp³-hybridized carbons (Fsp3) is 0.600. The first kappa shape index (κ1) is 20.2. The van der Waals surface area contributed by atoms with Crippen molar-refractivity contribution in [2.45, 2.75) is 67.2 Å². The lowest BCUT2D eigenvalue weighted by Crippen LogP contribution is -2.21. The quantitative estimate of drug-likeness (QED) is 0.728. The molecule has 0 bridgehead atoms. The van der Waals surface area contributed by atoms with Gasteiger partial charge in [-0.1, -0.05) is 41.5 Å². The van der Waals surface area contributed by atoms with E-state index in [2.05, 4.69) is 0 Å². The van der Waals surface area contributed by atoms with Crippen LogP contribution < -0.4 is 0 Å². The molecule has 0 radical (unpaired) electrons. The Labute approximate surface area is 144 Å². The SMILES string of the molecule is CCc1c(CC)c(CC(C)C)c(C(=O)O)c(C(=O)O)c1CC(C)C. The van der Waals surface area contributed by atoms with Crippen LogP contribution in [0.3, 0.4) is 0 Å². The van der Waals surface area contributed by atoms with Gasteiger partial charge in [-0.15, -0.1) is 0 Å². The lowest BCUT2D eigenvalue weighted by atomic mass is 9.79. The van der Waals surface area contributed by atoms with Gasteiger partial charge in [0.2, 0.25) is 0 Å². The molecular formula is C20H30O4. The summed E-state index contributed by atoms with van der Waals surface area (Å²) in [5, 5.41) is 19.6. The molecule has 0 aliphatic rings. The molecule has 1 rings (SSSR count). The van der Waals surface area contributed by atoms with Crippen LogP contribution in [0.5, 0.6) is 0 Å². The molecule has 134 valence electrons. The maximum Gasteiger partial charge on any atom is 0.336 e. The topological polar surface area (TPSA) is 74.6 Å². The summed E-state index contributed by atoms with van der Waals surface area (Å²) in [7, 11) is 0. The molecule has 0 saturated heterocycles. The number of carboxylic acids is 2. The van der Waals surface area contributed by atoms with Gasteiger partial charge in [-0.3, -0.25) is 0 Å². The second kappa shape index (κ2) is 8.32. The van der Waals surface area contributed by atoms with Crippen LogP contribution in [0.1, 0.15) is 84.5 Å². The van der Waals surface area contributed by atoms with Crippen LogP contribution in [0.25, 0.3) is 0 Å². The average molecular weight is 334 g/mol. The predicted molar refractivity (Wildman–Crippen MR) is 96.2 cm³/mol. The molecule has 0 aliphatic carbocycles. The Morgan fingerprint density at radius 2 is 1.00 bits per heavy atom. The van der Waals surface area contributed by atoms with Crippen molar-refractivity contribution in [1.82, 2.24) is 0 Å². The highest BCUT2D eigenvalue weighted by Gasteiger charge is 2.29. The standard InChI is InChI=1S/C20H30O4/c1-7-13-14(8-2)16(10-12(5)6)18(20(23)24)17(19(21)22)15(13)9-11(3)4/h11-12H,7-10H2,1-6H3,(H,21,22)(H,23,24). The van der Waals surface area contributed by atoms with Gasteiger partial charge >= 0.3 is 11.9 Å². The highest BCUT2D eigenvalue weighted by Crippen LogP contribution is 2.33. The van der Waals surface area contributed by atoms with Crippen molar-refractivity contribution in [2.75, 3.05) is 0 Å². The van der Waals surface area contributed by atoms with Crippen LogP contribution in [0, 0.1) is 11.8 Å². The third-order valence-electron chi connectivity index (χ3n) is 4.31. The number of benzene rings is 1. The van der Waals surface area contributed by atoms with Gasteiger partial charge in [0.25, 0.3) is 0 Å². The molecular weight excluding hydrogens is 304 g/mol. The van der Waals surface area contributed by atoms with Gasteiger partial charge in [0, 0.05) is 0 Å². The van der Waals surface area contributed by atoms with E-state index in [1.165, 1.54) is 0 Å². The maximum atomic E-state index is 12.0. The smallest absolute Gasteiger partial charge is 0.336 e. The molecule has 0 atom stereocenters. The summed E-state index contributed by atoms with van der Waals surface area (Å²) in [6.07, 6.45) is 2.60. The van der Waals surface area contributed by atoms with Crippen LogP contribution in [-0.4, -0.2) is 22.2 Å².